The number of carboxylic acids is 1. The van der Waals surface area contributed by atoms with Crippen molar-refractivity contribution in [2.24, 2.45) is 0 Å². The van der Waals surface area contributed by atoms with Gasteiger partial charge in [0.15, 0.2) is 0 Å². The van der Waals surface area contributed by atoms with Crippen molar-refractivity contribution in [2.45, 2.75) is 24.7 Å². The number of halogens is 2. The molecule has 17 heavy (non-hydrogen) atoms. The Kier molecular flexibility index (Phi) is 3.00. The van der Waals surface area contributed by atoms with Crippen LogP contribution in [0.2, 0.25) is 5.02 Å². The highest BCUT2D eigenvalue weighted by Crippen LogP contribution is 2.46. The summed E-state index contributed by atoms with van der Waals surface area (Å²) in [6.45, 7) is 0. The van der Waals surface area contributed by atoms with E-state index in [2.05, 4.69) is 0 Å². The summed E-state index contributed by atoms with van der Waals surface area (Å²) < 4.78 is 18.8. The third kappa shape index (κ3) is 1.76. The second kappa shape index (κ2) is 4.18. The highest BCUT2D eigenvalue weighted by molar-refractivity contribution is 6.32. The quantitative estimate of drug-likeness (QED) is 0.907. The number of rotatable bonds is 3. The van der Waals surface area contributed by atoms with E-state index < -0.39 is 17.2 Å². The van der Waals surface area contributed by atoms with Crippen molar-refractivity contribution in [3.05, 3.63) is 28.5 Å². The molecule has 1 fully saturated rings. The first-order chi connectivity index (χ1) is 8.01. The highest BCUT2D eigenvalue weighted by atomic mass is 35.5. The summed E-state index contributed by atoms with van der Waals surface area (Å²) in [6, 6.07) is 2.50. The molecule has 0 saturated heterocycles. The molecule has 1 N–H and O–H groups in total. The van der Waals surface area contributed by atoms with Crippen molar-refractivity contribution in [1.29, 1.82) is 0 Å². The first-order valence-corrected chi connectivity index (χ1v) is 5.66. The molecule has 3 nitrogen and oxygen atoms in total. The van der Waals surface area contributed by atoms with Gasteiger partial charge < -0.3 is 9.84 Å². The Hall–Kier alpha value is -1.29. The molecular formula is C12H12ClFO3. The lowest BCUT2D eigenvalue weighted by atomic mass is 9.64. The predicted molar refractivity (Wildman–Crippen MR) is 61.1 cm³/mol. The lowest BCUT2D eigenvalue weighted by Crippen LogP contribution is -2.43. The van der Waals surface area contributed by atoms with Crippen LogP contribution in [0, 0.1) is 5.82 Å². The molecule has 0 aliphatic heterocycles. The molecule has 1 aliphatic carbocycles. The van der Waals surface area contributed by atoms with Crippen LogP contribution in [0.4, 0.5) is 4.39 Å². The van der Waals surface area contributed by atoms with Crippen molar-refractivity contribution in [1.82, 2.24) is 0 Å². The van der Waals surface area contributed by atoms with Gasteiger partial charge in [-0.05, 0) is 18.9 Å². The van der Waals surface area contributed by atoms with Crippen LogP contribution in [0.5, 0.6) is 5.75 Å². The van der Waals surface area contributed by atoms with Crippen LogP contribution < -0.4 is 4.74 Å². The molecule has 92 valence electrons. The molecule has 0 unspecified atom stereocenters. The maximum atomic E-state index is 13.9. The zero-order chi connectivity index (χ0) is 12.6. The smallest absolute Gasteiger partial charge is 0.314 e. The Labute approximate surface area is 103 Å². The second-order valence-electron chi connectivity index (χ2n) is 4.21. The Morgan fingerprint density at radius 2 is 2.18 bits per heavy atom. The molecular weight excluding hydrogens is 247 g/mol. The van der Waals surface area contributed by atoms with E-state index in [9.17, 15) is 14.3 Å². The van der Waals surface area contributed by atoms with Gasteiger partial charge >= 0.3 is 5.97 Å². The minimum Gasteiger partial charge on any atom is -0.495 e. The van der Waals surface area contributed by atoms with Crippen molar-refractivity contribution in [2.75, 3.05) is 7.11 Å². The number of methoxy groups -OCH3 is 1. The van der Waals surface area contributed by atoms with Gasteiger partial charge in [0.2, 0.25) is 0 Å². The van der Waals surface area contributed by atoms with E-state index in [4.69, 9.17) is 16.3 Å². The van der Waals surface area contributed by atoms with Gasteiger partial charge in [-0.3, -0.25) is 4.79 Å². The fraction of sp³-hybridized carbons (Fsp3) is 0.417. The largest absolute Gasteiger partial charge is 0.495 e. The van der Waals surface area contributed by atoms with Gasteiger partial charge in [-0.2, -0.15) is 0 Å². The number of ether oxygens (including phenoxy) is 1. The summed E-state index contributed by atoms with van der Waals surface area (Å²) >= 11 is 5.91. The number of hydrogen-bond acceptors (Lipinski definition) is 2. The lowest BCUT2D eigenvalue weighted by Gasteiger charge is -2.38. The van der Waals surface area contributed by atoms with Crippen LogP contribution in [-0.4, -0.2) is 18.2 Å². The third-order valence-electron chi connectivity index (χ3n) is 3.37. The number of benzene rings is 1. The fourth-order valence-electron chi connectivity index (χ4n) is 2.18. The van der Waals surface area contributed by atoms with Gasteiger partial charge in [0.25, 0.3) is 0 Å². The Morgan fingerprint density at radius 1 is 1.53 bits per heavy atom. The van der Waals surface area contributed by atoms with Crippen LogP contribution in [0.25, 0.3) is 0 Å². The van der Waals surface area contributed by atoms with E-state index in [1.807, 2.05) is 0 Å². The Balaban J connectivity index is 2.52. The van der Waals surface area contributed by atoms with Crippen LogP contribution in [-0.2, 0) is 10.2 Å². The summed E-state index contributed by atoms with van der Waals surface area (Å²) in [5.74, 6) is -1.36. The number of carboxylic acid groups (broad SMARTS) is 1. The molecule has 1 aliphatic rings. The molecule has 0 bridgehead atoms. The van der Waals surface area contributed by atoms with Gasteiger partial charge in [-0.1, -0.05) is 18.0 Å². The molecule has 0 aromatic heterocycles. The van der Waals surface area contributed by atoms with E-state index >= 15 is 0 Å². The van der Waals surface area contributed by atoms with Crippen molar-refractivity contribution >= 4 is 17.6 Å². The maximum absolute atomic E-state index is 13.9. The monoisotopic (exact) mass is 258 g/mol. The molecule has 0 spiro atoms. The molecule has 0 heterocycles. The minimum atomic E-state index is -1.11. The van der Waals surface area contributed by atoms with E-state index in [1.54, 1.807) is 0 Å². The third-order valence-corrected chi connectivity index (χ3v) is 3.67. The Bertz CT molecular complexity index is 469. The average Bonchev–Trinajstić information content (AvgIpc) is 2.20. The maximum Gasteiger partial charge on any atom is 0.314 e. The summed E-state index contributed by atoms with van der Waals surface area (Å²) in [6.07, 6.45) is 1.68. The molecule has 1 saturated carbocycles. The standard InChI is InChI=1S/C12H12ClFO3/c1-17-10-6-9(14)7(5-8(10)13)12(11(15)16)3-2-4-12/h5-6H,2-4H2,1H3,(H,15,16). The summed E-state index contributed by atoms with van der Waals surface area (Å²) in [5, 5.41) is 9.47. The second-order valence-corrected chi connectivity index (χ2v) is 4.61. The highest BCUT2D eigenvalue weighted by Gasteiger charge is 2.47. The van der Waals surface area contributed by atoms with Crippen LogP contribution in [0.15, 0.2) is 12.1 Å². The minimum absolute atomic E-state index is 0.155. The molecule has 0 amide bonds. The zero-order valence-electron chi connectivity index (χ0n) is 9.30. The molecule has 0 atom stereocenters. The molecule has 1 aromatic carbocycles. The first-order valence-electron chi connectivity index (χ1n) is 5.28. The van der Waals surface area contributed by atoms with Crippen LogP contribution in [0.1, 0.15) is 24.8 Å². The average molecular weight is 259 g/mol. The summed E-state index contributed by atoms with van der Waals surface area (Å²) in [5.41, 5.74) is -0.956. The summed E-state index contributed by atoms with van der Waals surface area (Å²) in [7, 11) is 1.39. The number of aliphatic carboxylic acids is 1. The Morgan fingerprint density at radius 3 is 2.59 bits per heavy atom. The molecule has 0 radical (unpaired) electrons. The lowest BCUT2D eigenvalue weighted by molar-refractivity contribution is -0.147. The molecule has 2 rings (SSSR count). The SMILES string of the molecule is COc1cc(F)c(C2(C(=O)O)CCC2)cc1Cl. The number of carbonyl (C=O) groups is 1. The van der Waals surface area contributed by atoms with Crippen LogP contribution >= 0.6 is 11.6 Å². The van der Waals surface area contributed by atoms with E-state index in [0.29, 0.717) is 12.8 Å². The van der Waals surface area contributed by atoms with E-state index in [0.717, 1.165) is 12.5 Å². The predicted octanol–water partition coefficient (Wildman–Crippen LogP) is 2.99. The van der Waals surface area contributed by atoms with E-state index in [-0.39, 0.29) is 16.3 Å². The summed E-state index contributed by atoms with van der Waals surface area (Å²) in [4.78, 5) is 11.3. The number of hydrogen-bond donors (Lipinski definition) is 1. The van der Waals surface area contributed by atoms with E-state index in [1.165, 1.54) is 13.2 Å². The van der Waals surface area contributed by atoms with Gasteiger partial charge in [-0.15, -0.1) is 0 Å². The van der Waals surface area contributed by atoms with Crippen LogP contribution in [0.3, 0.4) is 0 Å². The normalized spacial score (nSPS) is 17.4. The zero-order valence-corrected chi connectivity index (χ0v) is 10.1. The fourth-order valence-corrected chi connectivity index (χ4v) is 2.42. The molecule has 1 aromatic rings. The van der Waals surface area contributed by atoms with Crippen molar-refractivity contribution < 1.29 is 19.0 Å². The topological polar surface area (TPSA) is 46.5 Å². The van der Waals surface area contributed by atoms with Gasteiger partial charge in [-0.25, -0.2) is 4.39 Å². The van der Waals surface area contributed by atoms with Crippen molar-refractivity contribution in [3.8, 4) is 5.75 Å². The van der Waals surface area contributed by atoms with Gasteiger partial charge in [0.05, 0.1) is 17.5 Å². The van der Waals surface area contributed by atoms with Crippen molar-refractivity contribution in [3.63, 3.8) is 0 Å². The molecule has 5 heteroatoms. The first kappa shape index (κ1) is 12.2. The van der Waals surface area contributed by atoms with Gasteiger partial charge in [0.1, 0.15) is 11.6 Å². The van der Waals surface area contributed by atoms with Gasteiger partial charge in [0, 0.05) is 11.6 Å².